The Morgan fingerprint density at radius 1 is 1.00 bits per heavy atom. The lowest BCUT2D eigenvalue weighted by atomic mass is 9.96. The minimum Gasteiger partial charge on any atom is -0.348 e. The Morgan fingerprint density at radius 3 is 2.07 bits per heavy atom. The van der Waals surface area contributed by atoms with Crippen LogP contribution in [0.3, 0.4) is 0 Å². The predicted molar refractivity (Wildman–Crippen MR) is 110 cm³/mol. The van der Waals surface area contributed by atoms with Crippen LogP contribution in [0.4, 0.5) is 10.1 Å². The van der Waals surface area contributed by atoms with Gasteiger partial charge in [-0.2, -0.15) is 0 Å². The van der Waals surface area contributed by atoms with E-state index in [4.69, 9.17) is 0 Å². The summed E-state index contributed by atoms with van der Waals surface area (Å²) in [5.74, 6) is -0.909. The van der Waals surface area contributed by atoms with Crippen LogP contribution in [-0.4, -0.2) is 26.6 Å². The molecule has 0 saturated carbocycles. The molecule has 2 aromatic rings. The molecule has 0 aliphatic rings. The number of hydrogen-bond donors (Lipinski definition) is 1. The number of carbonyl (C=O) groups excluding carboxylic acids is 1. The molecule has 7 heteroatoms. The standard InChI is InChI=1S/C21H27FN2O3S/c1-13-11-15(3)20(12-14(13)2)16(4)23-21(25)17(5)24(28(6,26)27)19-9-7-18(22)8-10-19/h7-12,16-17H,1-6H3,(H,23,25)/t16-,17+/m0/s1. The highest BCUT2D eigenvalue weighted by Gasteiger charge is 2.30. The van der Waals surface area contributed by atoms with Gasteiger partial charge in [0.15, 0.2) is 0 Å². The SMILES string of the molecule is Cc1cc(C)c([C@H](C)NC(=O)[C@@H](C)N(c2ccc(F)cc2)S(C)(=O)=O)cc1C. The van der Waals surface area contributed by atoms with Crippen LogP contribution in [0.2, 0.25) is 0 Å². The van der Waals surface area contributed by atoms with Crippen LogP contribution in [0.1, 0.15) is 42.1 Å². The maximum Gasteiger partial charge on any atom is 0.244 e. The first-order valence-corrected chi connectivity index (χ1v) is 10.9. The average Bonchev–Trinajstić information content (AvgIpc) is 2.58. The highest BCUT2D eigenvalue weighted by molar-refractivity contribution is 7.92. The molecule has 0 bridgehead atoms. The van der Waals surface area contributed by atoms with E-state index in [0.717, 1.165) is 27.3 Å². The van der Waals surface area contributed by atoms with E-state index in [2.05, 4.69) is 11.4 Å². The summed E-state index contributed by atoms with van der Waals surface area (Å²) in [4.78, 5) is 12.8. The number of sulfonamides is 1. The van der Waals surface area contributed by atoms with Crippen molar-refractivity contribution in [3.8, 4) is 0 Å². The molecule has 0 unspecified atom stereocenters. The Labute approximate surface area is 166 Å². The lowest BCUT2D eigenvalue weighted by Crippen LogP contribution is -2.48. The number of amides is 1. The molecule has 0 aliphatic carbocycles. The van der Waals surface area contributed by atoms with E-state index in [0.29, 0.717) is 0 Å². The molecule has 152 valence electrons. The number of aryl methyl sites for hydroxylation is 3. The number of carbonyl (C=O) groups is 1. The quantitative estimate of drug-likeness (QED) is 0.794. The molecule has 2 aromatic carbocycles. The fourth-order valence-corrected chi connectivity index (χ4v) is 4.43. The molecule has 1 N–H and O–H groups in total. The van der Waals surface area contributed by atoms with Crippen molar-refractivity contribution in [1.82, 2.24) is 5.32 Å². The first-order chi connectivity index (χ1) is 12.9. The number of benzene rings is 2. The van der Waals surface area contributed by atoms with Crippen molar-refractivity contribution in [1.29, 1.82) is 0 Å². The second-order valence-electron chi connectivity index (χ2n) is 7.23. The van der Waals surface area contributed by atoms with Crippen molar-refractivity contribution >= 4 is 21.6 Å². The monoisotopic (exact) mass is 406 g/mol. The highest BCUT2D eigenvalue weighted by Crippen LogP contribution is 2.24. The first-order valence-electron chi connectivity index (χ1n) is 9.05. The van der Waals surface area contributed by atoms with E-state index in [1.54, 1.807) is 0 Å². The molecular weight excluding hydrogens is 379 g/mol. The molecule has 5 nitrogen and oxygen atoms in total. The summed E-state index contributed by atoms with van der Waals surface area (Å²) < 4.78 is 38.8. The van der Waals surface area contributed by atoms with E-state index in [1.807, 2.05) is 33.8 Å². The predicted octanol–water partition coefficient (Wildman–Crippen LogP) is 3.78. The van der Waals surface area contributed by atoms with Crippen LogP contribution in [0, 0.1) is 26.6 Å². The van der Waals surface area contributed by atoms with Crippen molar-refractivity contribution in [2.45, 2.75) is 46.7 Å². The molecule has 0 saturated heterocycles. The minimum atomic E-state index is -3.75. The fourth-order valence-electron chi connectivity index (χ4n) is 3.26. The third-order valence-corrected chi connectivity index (χ3v) is 6.12. The second-order valence-corrected chi connectivity index (χ2v) is 9.09. The Hall–Kier alpha value is -2.41. The zero-order valence-electron chi connectivity index (χ0n) is 17.1. The first kappa shape index (κ1) is 21.9. The summed E-state index contributed by atoms with van der Waals surface area (Å²) in [5, 5.41) is 2.90. The normalized spacial score (nSPS) is 13.7. The van der Waals surface area contributed by atoms with E-state index in [-0.39, 0.29) is 11.7 Å². The van der Waals surface area contributed by atoms with Gasteiger partial charge in [-0.15, -0.1) is 0 Å². The van der Waals surface area contributed by atoms with Crippen LogP contribution in [0.25, 0.3) is 0 Å². The molecule has 0 aliphatic heterocycles. The van der Waals surface area contributed by atoms with Gasteiger partial charge in [0.1, 0.15) is 11.9 Å². The number of anilines is 1. The van der Waals surface area contributed by atoms with Crippen molar-refractivity contribution in [3.63, 3.8) is 0 Å². The Balaban J connectivity index is 2.28. The largest absolute Gasteiger partial charge is 0.348 e. The molecule has 0 aromatic heterocycles. The van der Waals surface area contributed by atoms with Crippen molar-refractivity contribution in [2.24, 2.45) is 0 Å². The zero-order valence-corrected chi connectivity index (χ0v) is 17.9. The summed E-state index contributed by atoms with van der Waals surface area (Å²) in [6.45, 7) is 9.40. The third kappa shape index (κ3) is 4.90. The Bertz CT molecular complexity index is 972. The topological polar surface area (TPSA) is 66.5 Å². The van der Waals surface area contributed by atoms with E-state index in [9.17, 15) is 17.6 Å². The maximum atomic E-state index is 13.2. The lowest BCUT2D eigenvalue weighted by molar-refractivity contribution is -0.122. The van der Waals surface area contributed by atoms with Gasteiger partial charge in [-0.1, -0.05) is 12.1 Å². The van der Waals surface area contributed by atoms with Gasteiger partial charge in [-0.05, 0) is 81.1 Å². The Morgan fingerprint density at radius 2 is 1.54 bits per heavy atom. The molecule has 2 rings (SSSR count). The molecule has 0 radical (unpaired) electrons. The van der Waals surface area contributed by atoms with Crippen LogP contribution < -0.4 is 9.62 Å². The van der Waals surface area contributed by atoms with Crippen molar-refractivity contribution in [3.05, 3.63) is 64.5 Å². The summed E-state index contributed by atoms with van der Waals surface area (Å²) in [6.07, 6.45) is 1.02. The van der Waals surface area contributed by atoms with Gasteiger partial charge in [0, 0.05) is 0 Å². The van der Waals surface area contributed by atoms with Gasteiger partial charge >= 0.3 is 0 Å². The molecule has 1 amide bonds. The summed E-state index contributed by atoms with van der Waals surface area (Å²) in [5.41, 5.74) is 4.58. The molecular formula is C21H27FN2O3S. The van der Waals surface area contributed by atoms with Gasteiger partial charge in [-0.25, -0.2) is 12.8 Å². The van der Waals surface area contributed by atoms with Gasteiger partial charge < -0.3 is 5.32 Å². The van der Waals surface area contributed by atoms with Gasteiger partial charge in [0.05, 0.1) is 18.0 Å². The molecule has 2 atom stereocenters. The van der Waals surface area contributed by atoms with Crippen LogP contribution in [0.15, 0.2) is 36.4 Å². The third-order valence-electron chi connectivity index (χ3n) is 4.88. The summed E-state index contributed by atoms with van der Waals surface area (Å²) in [6, 6.07) is 7.85. The van der Waals surface area contributed by atoms with Crippen LogP contribution in [-0.2, 0) is 14.8 Å². The lowest BCUT2D eigenvalue weighted by Gasteiger charge is -2.29. The average molecular weight is 407 g/mol. The van der Waals surface area contributed by atoms with E-state index in [1.165, 1.54) is 36.8 Å². The van der Waals surface area contributed by atoms with Gasteiger partial charge in [0.25, 0.3) is 0 Å². The van der Waals surface area contributed by atoms with Gasteiger partial charge in [-0.3, -0.25) is 9.10 Å². The minimum absolute atomic E-state index is 0.238. The molecule has 28 heavy (non-hydrogen) atoms. The zero-order chi connectivity index (χ0) is 21.2. The smallest absolute Gasteiger partial charge is 0.244 e. The number of hydrogen-bond acceptors (Lipinski definition) is 3. The van der Waals surface area contributed by atoms with Crippen molar-refractivity contribution < 1.29 is 17.6 Å². The van der Waals surface area contributed by atoms with Crippen molar-refractivity contribution in [2.75, 3.05) is 10.6 Å². The van der Waals surface area contributed by atoms with Gasteiger partial charge in [0.2, 0.25) is 15.9 Å². The second kappa shape index (κ2) is 8.31. The number of rotatable bonds is 6. The van der Waals surface area contributed by atoms with E-state index >= 15 is 0 Å². The maximum absolute atomic E-state index is 13.2. The number of nitrogens with one attached hydrogen (secondary N) is 1. The van der Waals surface area contributed by atoms with Crippen LogP contribution >= 0.6 is 0 Å². The van der Waals surface area contributed by atoms with E-state index < -0.39 is 27.8 Å². The molecule has 0 heterocycles. The summed E-state index contributed by atoms with van der Waals surface area (Å²) >= 11 is 0. The molecule has 0 spiro atoms. The Kier molecular flexibility index (Phi) is 6.49. The van der Waals surface area contributed by atoms with Crippen LogP contribution in [0.5, 0.6) is 0 Å². The highest BCUT2D eigenvalue weighted by atomic mass is 32.2. The fraction of sp³-hybridized carbons (Fsp3) is 0.381. The number of nitrogens with zero attached hydrogens (tertiary/aromatic N) is 1. The number of halogens is 1. The summed E-state index contributed by atoms with van der Waals surface area (Å²) in [7, 11) is -3.75. The molecule has 0 fully saturated rings.